The Bertz CT molecular complexity index is 851. The van der Waals surface area contributed by atoms with Crippen LogP contribution in [0.1, 0.15) is 54.4 Å². The summed E-state index contributed by atoms with van der Waals surface area (Å²) in [6, 6.07) is 11.0. The van der Waals surface area contributed by atoms with E-state index in [1.54, 1.807) is 4.52 Å². The Morgan fingerprint density at radius 1 is 1.20 bits per heavy atom. The zero-order chi connectivity index (χ0) is 17.4. The third kappa shape index (κ3) is 3.04. The molecular weight excluding hydrogens is 332 g/mol. The van der Waals surface area contributed by atoms with Crippen LogP contribution in [0.3, 0.4) is 0 Å². The number of aromatic hydroxyl groups is 1. The van der Waals surface area contributed by atoms with E-state index in [9.17, 15) is 5.11 Å². The maximum atomic E-state index is 10.8. The van der Waals surface area contributed by atoms with E-state index in [1.807, 2.05) is 13.0 Å². The van der Waals surface area contributed by atoms with Crippen LogP contribution in [0.4, 0.5) is 0 Å². The van der Waals surface area contributed by atoms with Gasteiger partial charge >= 0.3 is 0 Å². The topological polar surface area (TPSA) is 53.7 Å². The molecule has 6 heteroatoms. The molecule has 1 atom stereocenters. The van der Waals surface area contributed by atoms with E-state index < -0.39 is 0 Å². The molecule has 1 aromatic carbocycles. The minimum Gasteiger partial charge on any atom is -0.492 e. The minimum atomic E-state index is 0.0260. The van der Waals surface area contributed by atoms with Gasteiger partial charge in [-0.2, -0.15) is 4.52 Å². The number of fused-ring (bicyclic) bond motifs is 1. The summed E-state index contributed by atoms with van der Waals surface area (Å²) in [6.45, 7) is 1.85. The van der Waals surface area contributed by atoms with Crippen molar-refractivity contribution in [3.63, 3.8) is 0 Å². The Labute approximate surface area is 151 Å². The Kier molecular flexibility index (Phi) is 4.48. The summed E-state index contributed by atoms with van der Waals surface area (Å²) >= 11 is 1.54. The number of nitrogens with zero attached hydrogens (tertiary/aromatic N) is 4. The van der Waals surface area contributed by atoms with Crippen LogP contribution in [0.2, 0.25) is 0 Å². The summed E-state index contributed by atoms with van der Waals surface area (Å²) in [5, 5.41) is 15.2. The molecule has 0 radical (unpaired) electrons. The van der Waals surface area contributed by atoms with Crippen molar-refractivity contribution in [3.05, 3.63) is 46.6 Å². The van der Waals surface area contributed by atoms with E-state index in [0.29, 0.717) is 11.9 Å². The highest BCUT2D eigenvalue weighted by molar-refractivity contribution is 7.17. The third-order valence-corrected chi connectivity index (χ3v) is 6.30. The minimum absolute atomic E-state index is 0.0260. The van der Waals surface area contributed by atoms with Crippen molar-refractivity contribution in [3.8, 4) is 5.88 Å². The molecule has 3 aromatic rings. The Morgan fingerprint density at radius 2 is 1.92 bits per heavy atom. The molecule has 132 valence electrons. The number of thiazole rings is 1. The van der Waals surface area contributed by atoms with Crippen molar-refractivity contribution in [2.24, 2.45) is 0 Å². The standard InChI is InChI=1S/C19H24N4OS/c1-13-20-19-23(21-13)18(24)17(25-19)16(14-9-5-3-6-10-14)22(2)15-11-7-4-8-12-15/h3,5-6,9-10,15-16,24H,4,7-8,11-12H2,1-2H3/t16-/m0/s1. The molecule has 1 aliphatic carbocycles. The van der Waals surface area contributed by atoms with Gasteiger partial charge in [-0.25, -0.2) is 4.98 Å². The zero-order valence-corrected chi connectivity index (χ0v) is 15.5. The normalized spacial score (nSPS) is 17.4. The van der Waals surface area contributed by atoms with Crippen LogP contribution in [-0.4, -0.2) is 37.7 Å². The molecule has 0 saturated heterocycles. The predicted octanol–water partition coefficient (Wildman–Crippen LogP) is 4.16. The summed E-state index contributed by atoms with van der Waals surface area (Å²) < 4.78 is 1.57. The molecule has 2 heterocycles. The molecular formula is C19H24N4OS. The highest BCUT2D eigenvalue weighted by Crippen LogP contribution is 2.41. The fraction of sp³-hybridized carbons (Fsp3) is 0.474. The van der Waals surface area contributed by atoms with Gasteiger partial charge in [0.25, 0.3) is 0 Å². The molecule has 5 nitrogen and oxygen atoms in total. The third-order valence-electron chi connectivity index (χ3n) is 5.23. The number of aryl methyl sites for hydroxylation is 1. The number of hydrogen-bond donors (Lipinski definition) is 1. The van der Waals surface area contributed by atoms with Crippen molar-refractivity contribution in [2.75, 3.05) is 7.05 Å². The molecule has 0 spiro atoms. The molecule has 1 saturated carbocycles. The first-order valence-corrected chi connectivity index (χ1v) is 9.78. The van der Waals surface area contributed by atoms with E-state index in [0.717, 1.165) is 9.84 Å². The molecule has 1 N–H and O–H groups in total. The molecule has 0 amide bonds. The molecule has 0 unspecified atom stereocenters. The van der Waals surface area contributed by atoms with Gasteiger partial charge in [0.1, 0.15) is 5.82 Å². The largest absolute Gasteiger partial charge is 0.492 e. The summed E-state index contributed by atoms with van der Waals surface area (Å²) in [5.74, 6) is 0.905. The van der Waals surface area contributed by atoms with Crippen molar-refractivity contribution in [1.82, 2.24) is 19.5 Å². The van der Waals surface area contributed by atoms with E-state index in [4.69, 9.17) is 0 Å². The van der Waals surface area contributed by atoms with E-state index in [1.165, 1.54) is 49.0 Å². The average molecular weight is 356 g/mol. The highest BCUT2D eigenvalue weighted by Gasteiger charge is 2.31. The second kappa shape index (κ2) is 6.77. The lowest BCUT2D eigenvalue weighted by molar-refractivity contribution is 0.157. The highest BCUT2D eigenvalue weighted by atomic mass is 32.1. The average Bonchev–Trinajstić information content (AvgIpc) is 3.15. The SMILES string of the molecule is Cc1nc2sc([C@H](c3ccccc3)N(C)C3CCCCC3)c(O)n2n1. The van der Waals surface area contributed by atoms with E-state index in [2.05, 4.69) is 46.3 Å². The molecule has 0 aliphatic heterocycles. The molecule has 4 rings (SSSR count). The number of rotatable bonds is 4. The second-order valence-corrected chi connectivity index (χ2v) is 7.92. The van der Waals surface area contributed by atoms with Gasteiger partial charge in [-0.05, 0) is 32.4 Å². The van der Waals surface area contributed by atoms with Crippen LogP contribution in [0.5, 0.6) is 5.88 Å². The van der Waals surface area contributed by atoms with Crippen molar-refractivity contribution in [2.45, 2.75) is 51.1 Å². The fourth-order valence-electron chi connectivity index (χ4n) is 3.93. The monoisotopic (exact) mass is 356 g/mol. The molecule has 25 heavy (non-hydrogen) atoms. The maximum Gasteiger partial charge on any atom is 0.230 e. The van der Waals surface area contributed by atoms with E-state index >= 15 is 0 Å². The lowest BCUT2D eigenvalue weighted by atomic mass is 9.92. The Morgan fingerprint density at radius 3 is 2.60 bits per heavy atom. The fourth-order valence-corrected chi connectivity index (χ4v) is 5.11. The molecule has 2 aromatic heterocycles. The van der Waals surface area contributed by atoms with Gasteiger partial charge < -0.3 is 5.11 Å². The van der Waals surface area contributed by atoms with Crippen LogP contribution in [0.25, 0.3) is 4.96 Å². The summed E-state index contributed by atoms with van der Waals surface area (Å²) in [4.78, 5) is 8.55. The zero-order valence-electron chi connectivity index (χ0n) is 14.7. The molecule has 1 fully saturated rings. The second-order valence-electron chi connectivity index (χ2n) is 6.91. The van der Waals surface area contributed by atoms with Crippen LogP contribution in [0.15, 0.2) is 30.3 Å². The summed E-state index contributed by atoms with van der Waals surface area (Å²) in [7, 11) is 2.19. The van der Waals surface area contributed by atoms with Crippen molar-refractivity contribution in [1.29, 1.82) is 0 Å². The van der Waals surface area contributed by atoms with Crippen LogP contribution >= 0.6 is 11.3 Å². The summed E-state index contributed by atoms with van der Waals surface area (Å²) in [5.41, 5.74) is 1.20. The lowest BCUT2D eigenvalue weighted by Gasteiger charge is -2.37. The van der Waals surface area contributed by atoms with Gasteiger partial charge in [0.2, 0.25) is 10.8 Å². The maximum absolute atomic E-state index is 10.8. The first-order valence-electron chi connectivity index (χ1n) is 8.97. The quantitative estimate of drug-likeness (QED) is 0.763. The predicted molar refractivity (Wildman–Crippen MR) is 100 cm³/mol. The number of hydrogen-bond acceptors (Lipinski definition) is 5. The number of aromatic nitrogens is 3. The van der Waals surface area contributed by atoms with Gasteiger partial charge in [0.15, 0.2) is 0 Å². The van der Waals surface area contributed by atoms with Gasteiger partial charge in [0, 0.05) is 6.04 Å². The Balaban J connectivity index is 1.78. The van der Waals surface area contributed by atoms with Crippen molar-refractivity contribution < 1.29 is 5.11 Å². The molecule has 1 aliphatic rings. The van der Waals surface area contributed by atoms with Gasteiger partial charge in [-0.1, -0.05) is 60.9 Å². The van der Waals surface area contributed by atoms with E-state index in [-0.39, 0.29) is 11.9 Å². The molecule has 0 bridgehead atoms. The van der Waals surface area contributed by atoms with Crippen LogP contribution in [0, 0.1) is 6.92 Å². The first kappa shape index (κ1) is 16.5. The van der Waals surface area contributed by atoms with Gasteiger partial charge in [-0.3, -0.25) is 4.90 Å². The van der Waals surface area contributed by atoms with Crippen molar-refractivity contribution >= 4 is 16.3 Å². The lowest BCUT2D eigenvalue weighted by Crippen LogP contribution is -2.36. The number of benzene rings is 1. The summed E-state index contributed by atoms with van der Waals surface area (Å²) in [6.07, 6.45) is 6.36. The van der Waals surface area contributed by atoms with Crippen LogP contribution in [-0.2, 0) is 0 Å². The smallest absolute Gasteiger partial charge is 0.230 e. The Hall–Kier alpha value is -1.92. The van der Waals surface area contributed by atoms with Gasteiger partial charge in [0.05, 0.1) is 10.9 Å². The van der Waals surface area contributed by atoms with Crippen LogP contribution < -0.4 is 0 Å². The van der Waals surface area contributed by atoms with Gasteiger partial charge in [-0.15, -0.1) is 5.10 Å². The first-order chi connectivity index (χ1) is 12.1.